The second-order valence-electron chi connectivity index (χ2n) is 5.23. The van der Waals surface area contributed by atoms with Gasteiger partial charge in [0.1, 0.15) is 11.5 Å². The van der Waals surface area contributed by atoms with E-state index in [-0.39, 0.29) is 11.8 Å². The van der Waals surface area contributed by atoms with Crippen molar-refractivity contribution in [2.75, 3.05) is 11.2 Å². The zero-order chi connectivity index (χ0) is 15.2. The molecule has 5 nitrogen and oxygen atoms in total. The minimum Gasteiger partial charge on any atom is -0.444 e. The van der Waals surface area contributed by atoms with Gasteiger partial charge < -0.3 is 15.4 Å². The fourth-order valence-electron chi connectivity index (χ4n) is 1.39. The van der Waals surface area contributed by atoms with Crippen LogP contribution in [-0.2, 0) is 16.1 Å². The zero-order valence-corrected chi connectivity index (χ0v) is 12.6. The smallest absolute Gasteiger partial charge is 0.407 e. The number of hydrogen-bond acceptors (Lipinski definition) is 3. The molecular formula is C14H19ClN2O3. The van der Waals surface area contributed by atoms with Crippen LogP contribution in [0, 0.1) is 0 Å². The molecule has 1 rings (SSSR count). The molecule has 0 bridgehead atoms. The maximum Gasteiger partial charge on any atom is 0.407 e. The van der Waals surface area contributed by atoms with E-state index in [0.29, 0.717) is 12.2 Å². The molecule has 0 saturated carbocycles. The molecule has 0 fully saturated rings. The maximum atomic E-state index is 11.5. The van der Waals surface area contributed by atoms with E-state index >= 15 is 0 Å². The van der Waals surface area contributed by atoms with Crippen LogP contribution in [-0.4, -0.2) is 23.5 Å². The Labute approximate surface area is 123 Å². The molecule has 0 saturated heterocycles. The van der Waals surface area contributed by atoms with Crippen molar-refractivity contribution in [2.45, 2.75) is 32.9 Å². The first kappa shape index (κ1) is 16.3. The molecule has 0 radical (unpaired) electrons. The highest BCUT2D eigenvalue weighted by atomic mass is 35.5. The number of rotatable bonds is 4. The van der Waals surface area contributed by atoms with Gasteiger partial charge in [-0.15, -0.1) is 11.6 Å². The monoisotopic (exact) mass is 298 g/mol. The number of nitrogens with one attached hydrogen (secondary N) is 2. The molecule has 2 N–H and O–H groups in total. The fraction of sp³-hybridized carbons (Fsp3) is 0.429. The number of carbonyl (C=O) groups is 2. The molecule has 0 unspecified atom stereocenters. The first-order valence-electron chi connectivity index (χ1n) is 6.22. The van der Waals surface area contributed by atoms with Crippen molar-refractivity contribution in [3.63, 3.8) is 0 Å². The van der Waals surface area contributed by atoms with Crippen LogP contribution >= 0.6 is 11.6 Å². The molecule has 0 atom stereocenters. The number of anilines is 1. The number of hydrogen-bond donors (Lipinski definition) is 2. The van der Waals surface area contributed by atoms with Crippen molar-refractivity contribution >= 4 is 29.3 Å². The summed E-state index contributed by atoms with van der Waals surface area (Å²) in [6.07, 6.45) is -0.461. The van der Waals surface area contributed by atoms with Crippen LogP contribution < -0.4 is 10.6 Å². The van der Waals surface area contributed by atoms with Crippen molar-refractivity contribution in [1.29, 1.82) is 0 Å². The quantitative estimate of drug-likeness (QED) is 0.840. The highest BCUT2D eigenvalue weighted by Gasteiger charge is 2.15. The number of ether oxygens (including phenoxy) is 1. The largest absolute Gasteiger partial charge is 0.444 e. The van der Waals surface area contributed by atoms with Gasteiger partial charge >= 0.3 is 6.09 Å². The van der Waals surface area contributed by atoms with Crippen LogP contribution in [0.3, 0.4) is 0 Å². The molecule has 1 aromatic carbocycles. The minimum atomic E-state index is -0.514. The summed E-state index contributed by atoms with van der Waals surface area (Å²) in [6, 6.07) is 7.11. The van der Waals surface area contributed by atoms with Gasteiger partial charge in [-0.25, -0.2) is 4.79 Å². The van der Waals surface area contributed by atoms with E-state index in [1.807, 2.05) is 0 Å². The highest BCUT2D eigenvalue weighted by Crippen LogP contribution is 2.10. The molecule has 110 valence electrons. The SMILES string of the molecule is CC(C)(C)OC(=O)NCc1ccc(NC(=O)CCl)cc1. The molecular weight excluding hydrogens is 280 g/mol. The van der Waals surface area contributed by atoms with Crippen molar-refractivity contribution in [3.05, 3.63) is 29.8 Å². The summed E-state index contributed by atoms with van der Waals surface area (Å²) < 4.78 is 5.13. The number of alkyl carbamates (subject to hydrolysis) is 1. The summed E-state index contributed by atoms with van der Waals surface area (Å²) in [6.45, 7) is 5.78. The normalized spacial score (nSPS) is 10.8. The van der Waals surface area contributed by atoms with E-state index < -0.39 is 11.7 Å². The fourth-order valence-corrected chi connectivity index (χ4v) is 1.46. The lowest BCUT2D eigenvalue weighted by atomic mass is 10.2. The Hall–Kier alpha value is -1.75. The molecule has 1 aromatic rings. The van der Waals surface area contributed by atoms with Gasteiger partial charge in [0.05, 0.1) is 0 Å². The second kappa shape index (κ2) is 7.14. The number of alkyl halides is 1. The van der Waals surface area contributed by atoms with Gasteiger partial charge in [0.15, 0.2) is 0 Å². The van der Waals surface area contributed by atoms with E-state index in [0.717, 1.165) is 5.56 Å². The third-order valence-electron chi connectivity index (χ3n) is 2.19. The molecule has 6 heteroatoms. The van der Waals surface area contributed by atoms with Crippen molar-refractivity contribution < 1.29 is 14.3 Å². The Balaban J connectivity index is 2.46. The third-order valence-corrected chi connectivity index (χ3v) is 2.44. The molecule has 0 heterocycles. The minimum absolute atomic E-state index is 0.0814. The van der Waals surface area contributed by atoms with Gasteiger partial charge in [-0.1, -0.05) is 12.1 Å². The predicted molar refractivity (Wildman–Crippen MR) is 78.9 cm³/mol. The molecule has 0 aromatic heterocycles. The number of carbonyl (C=O) groups excluding carboxylic acids is 2. The Morgan fingerprint density at radius 2 is 1.80 bits per heavy atom. The van der Waals surface area contributed by atoms with E-state index in [1.165, 1.54) is 0 Å². The first-order valence-corrected chi connectivity index (χ1v) is 6.75. The Bertz CT molecular complexity index is 466. The zero-order valence-electron chi connectivity index (χ0n) is 11.8. The Kier molecular flexibility index (Phi) is 5.82. The summed E-state index contributed by atoms with van der Waals surface area (Å²) in [4.78, 5) is 22.6. The van der Waals surface area contributed by atoms with Crippen LogP contribution in [0.5, 0.6) is 0 Å². The van der Waals surface area contributed by atoms with Gasteiger partial charge in [0.2, 0.25) is 5.91 Å². The number of halogens is 1. The van der Waals surface area contributed by atoms with Crippen LogP contribution in [0.1, 0.15) is 26.3 Å². The maximum absolute atomic E-state index is 11.5. The Morgan fingerprint density at radius 1 is 1.20 bits per heavy atom. The Morgan fingerprint density at radius 3 is 2.30 bits per heavy atom. The van der Waals surface area contributed by atoms with E-state index in [9.17, 15) is 9.59 Å². The van der Waals surface area contributed by atoms with E-state index in [4.69, 9.17) is 16.3 Å². The van der Waals surface area contributed by atoms with Gasteiger partial charge in [0, 0.05) is 12.2 Å². The van der Waals surface area contributed by atoms with Crippen molar-refractivity contribution in [3.8, 4) is 0 Å². The van der Waals surface area contributed by atoms with Crippen LogP contribution in [0.25, 0.3) is 0 Å². The van der Waals surface area contributed by atoms with Crippen LogP contribution in [0.4, 0.5) is 10.5 Å². The van der Waals surface area contributed by atoms with Crippen molar-refractivity contribution in [2.24, 2.45) is 0 Å². The summed E-state index contributed by atoms with van der Waals surface area (Å²) >= 11 is 5.40. The average Bonchev–Trinajstić information content (AvgIpc) is 2.36. The summed E-state index contributed by atoms with van der Waals surface area (Å²) in [7, 11) is 0. The summed E-state index contributed by atoms with van der Waals surface area (Å²) in [5, 5.41) is 5.29. The van der Waals surface area contributed by atoms with Crippen LogP contribution in [0.2, 0.25) is 0 Å². The molecule has 0 aliphatic heterocycles. The average molecular weight is 299 g/mol. The lowest BCUT2D eigenvalue weighted by molar-refractivity contribution is -0.113. The van der Waals surface area contributed by atoms with Gasteiger partial charge in [0.25, 0.3) is 0 Å². The van der Waals surface area contributed by atoms with Crippen molar-refractivity contribution in [1.82, 2.24) is 5.32 Å². The summed E-state index contributed by atoms with van der Waals surface area (Å²) in [5.74, 6) is -0.339. The molecule has 0 aliphatic rings. The van der Waals surface area contributed by atoms with E-state index in [2.05, 4.69) is 10.6 Å². The molecule has 0 aliphatic carbocycles. The second-order valence-corrected chi connectivity index (χ2v) is 5.50. The molecule has 2 amide bonds. The topological polar surface area (TPSA) is 67.4 Å². The lowest BCUT2D eigenvalue weighted by Crippen LogP contribution is -2.32. The summed E-state index contributed by atoms with van der Waals surface area (Å²) in [5.41, 5.74) is 1.05. The van der Waals surface area contributed by atoms with Gasteiger partial charge in [-0.05, 0) is 38.5 Å². The molecule has 20 heavy (non-hydrogen) atoms. The highest BCUT2D eigenvalue weighted by molar-refractivity contribution is 6.29. The van der Waals surface area contributed by atoms with Crippen LogP contribution in [0.15, 0.2) is 24.3 Å². The number of amides is 2. The predicted octanol–water partition coefficient (Wildman–Crippen LogP) is 2.89. The van der Waals surface area contributed by atoms with Gasteiger partial charge in [-0.3, -0.25) is 4.79 Å². The number of benzene rings is 1. The van der Waals surface area contributed by atoms with E-state index in [1.54, 1.807) is 45.0 Å². The molecule has 0 spiro atoms. The standard InChI is InChI=1S/C14H19ClN2O3/c1-14(2,3)20-13(19)16-9-10-4-6-11(7-5-10)17-12(18)8-15/h4-7H,8-9H2,1-3H3,(H,16,19)(H,17,18). The lowest BCUT2D eigenvalue weighted by Gasteiger charge is -2.19. The first-order chi connectivity index (χ1) is 9.30. The third kappa shape index (κ3) is 6.43. The van der Waals surface area contributed by atoms with Gasteiger partial charge in [-0.2, -0.15) is 0 Å².